The zero-order valence-electron chi connectivity index (χ0n) is 17.8. The first-order valence-corrected chi connectivity index (χ1v) is 9.62. The molecular formula is C18H34N4O8. The number of hydrogen-bond donors (Lipinski definition) is 8. The molecule has 0 radical (unpaired) electrons. The normalized spacial score (nSPS) is 18.3. The van der Waals surface area contributed by atoms with E-state index in [9.17, 15) is 34.5 Å². The molecule has 0 spiro atoms. The van der Waals surface area contributed by atoms with Crippen LogP contribution in [0.4, 0.5) is 0 Å². The molecule has 0 aliphatic heterocycles. The number of carboxylic acids is 1. The highest BCUT2D eigenvalue weighted by molar-refractivity contribution is 5.94. The van der Waals surface area contributed by atoms with Crippen molar-refractivity contribution in [1.29, 1.82) is 0 Å². The van der Waals surface area contributed by atoms with E-state index >= 15 is 0 Å². The van der Waals surface area contributed by atoms with Crippen LogP contribution in [-0.2, 0) is 19.2 Å². The Bertz CT molecular complexity index is 609. The van der Waals surface area contributed by atoms with Crippen molar-refractivity contribution < 1.29 is 39.6 Å². The van der Waals surface area contributed by atoms with Crippen molar-refractivity contribution >= 4 is 23.7 Å². The van der Waals surface area contributed by atoms with E-state index in [-0.39, 0.29) is 5.92 Å². The van der Waals surface area contributed by atoms with Gasteiger partial charge in [-0.05, 0) is 33.1 Å². The van der Waals surface area contributed by atoms with Gasteiger partial charge in [0.1, 0.15) is 12.1 Å². The molecule has 0 aromatic rings. The molecule has 0 aromatic heterocycles. The fourth-order valence-electron chi connectivity index (χ4n) is 2.56. The van der Waals surface area contributed by atoms with Crippen LogP contribution in [0.3, 0.4) is 0 Å². The van der Waals surface area contributed by atoms with Gasteiger partial charge in [0.25, 0.3) is 0 Å². The number of nitrogens with two attached hydrogens (primary N) is 1. The average Bonchev–Trinajstić information content (AvgIpc) is 2.59. The van der Waals surface area contributed by atoms with Gasteiger partial charge >= 0.3 is 5.97 Å². The van der Waals surface area contributed by atoms with Crippen LogP contribution in [0, 0.1) is 5.92 Å². The maximum Gasteiger partial charge on any atom is 0.328 e. The third-order valence-electron chi connectivity index (χ3n) is 4.23. The number of carbonyl (C=O) groups is 4. The SMILES string of the molecule is CC(C)CC(N)C(=O)NC(C(=O)NC(C(=O)NC(C(=O)O)C(C)O)C(C)O)C(C)O. The van der Waals surface area contributed by atoms with Crippen molar-refractivity contribution in [3.63, 3.8) is 0 Å². The standard InChI is InChI=1S/C18H34N4O8/c1-7(2)6-11(19)15(26)20-12(8(3)23)16(27)21-13(9(4)24)17(28)22-14(10(5)25)18(29)30/h7-14,23-25H,6,19H2,1-5H3,(H,20,26)(H,21,27)(H,22,28)(H,29,30). The molecule has 7 atom stereocenters. The number of rotatable bonds is 12. The minimum absolute atomic E-state index is 0.115. The van der Waals surface area contributed by atoms with Crippen LogP contribution in [0.2, 0.25) is 0 Å². The van der Waals surface area contributed by atoms with Crippen molar-refractivity contribution in [2.45, 2.75) is 83.5 Å². The zero-order valence-corrected chi connectivity index (χ0v) is 17.8. The van der Waals surface area contributed by atoms with E-state index in [1.165, 1.54) is 13.8 Å². The lowest BCUT2D eigenvalue weighted by Gasteiger charge is -2.28. The Hall–Kier alpha value is -2.28. The summed E-state index contributed by atoms with van der Waals surface area (Å²) in [6, 6.07) is -5.67. The summed E-state index contributed by atoms with van der Waals surface area (Å²) in [4.78, 5) is 48.2. The van der Waals surface area contributed by atoms with Crippen molar-refractivity contribution in [2.75, 3.05) is 0 Å². The molecule has 9 N–H and O–H groups in total. The van der Waals surface area contributed by atoms with Gasteiger partial charge in [-0.25, -0.2) is 4.79 Å². The summed E-state index contributed by atoms with van der Waals surface area (Å²) in [5, 5.41) is 44.8. The second-order valence-electron chi connectivity index (χ2n) is 7.75. The van der Waals surface area contributed by atoms with Gasteiger partial charge in [0.05, 0.1) is 24.4 Å². The summed E-state index contributed by atoms with van der Waals surface area (Å²) in [6.45, 7) is 7.28. The first-order chi connectivity index (χ1) is 13.7. The molecule has 12 heteroatoms. The molecule has 0 rings (SSSR count). The highest BCUT2D eigenvalue weighted by atomic mass is 16.4. The molecule has 0 fully saturated rings. The van der Waals surface area contributed by atoms with E-state index in [4.69, 9.17) is 10.8 Å². The van der Waals surface area contributed by atoms with Crippen LogP contribution in [0.25, 0.3) is 0 Å². The summed E-state index contributed by atoms with van der Waals surface area (Å²) in [7, 11) is 0. The second-order valence-corrected chi connectivity index (χ2v) is 7.75. The molecule has 0 bridgehead atoms. The summed E-state index contributed by atoms with van der Waals surface area (Å²) in [5.41, 5.74) is 5.77. The van der Waals surface area contributed by atoms with Gasteiger partial charge in [-0.15, -0.1) is 0 Å². The Morgan fingerprint density at radius 2 is 1.03 bits per heavy atom. The Labute approximate surface area is 175 Å². The second kappa shape index (κ2) is 12.4. The lowest BCUT2D eigenvalue weighted by Crippen LogP contribution is -2.62. The van der Waals surface area contributed by atoms with E-state index in [0.29, 0.717) is 6.42 Å². The summed E-state index contributed by atoms with van der Waals surface area (Å²) >= 11 is 0. The molecule has 0 heterocycles. The topological polar surface area (TPSA) is 211 Å². The number of carboxylic acid groups (broad SMARTS) is 1. The molecule has 0 aromatic carbocycles. The van der Waals surface area contributed by atoms with Crippen molar-refractivity contribution in [3.05, 3.63) is 0 Å². The van der Waals surface area contributed by atoms with Gasteiger partial charge < -0.3 is 42.1 Å². The minimum Gasteiger partial charge on any atom is -0.480 e. The average molecular weight is 434 g/mol. The number of carbonyl (C=O) groups excluding carboxylic acids is 3. The molecule has 7 unspecified atom stereocenters. The summed E-state index contributed by atoms with van der Waals surface area (Å²) in [6.07, 6.45) is -3.91. The molecule has 0 aliphatic rings. The predicted molar refractivity (Wildman–Crippen MR) is 106 cm³/mol. The van der Waals surface area contributed by atoms with Gasteiger partial charge in [-0.3, -0.25) is 14.4 Å². The number of hydrogen-bond acceptors (Lipinski definition) is 8. The van der Waals surface area contributed by atoms with Crippen LogP contribution in [0.5, 0.6) is 0 Å². The molecule has 3 amide bonds. The van der Waals surface area contributed by atoms with Crippen LogP contribution in [0.15, 0.2) is 0 Å². The van der Waals surface area contributed by atoms with Crippen molar-refractivity contribution in [1.82, 2.24) is 16.0 Å². The highest BCUT2D eigenvalue weighted by Crippen LogP contribution is 2.05. The van der Waals surface area contributed by atoms with Gasteiger partial charge in [-0.2, -0.15) is 0 Å². The third-order valence-corrected chi connectivity index (χ3v) is 4.23. The maximum atomic E-state index is 12.6. The fourth-order valence-corrected chi connectivity index (χ4v) is 2.56. The quantitative estimate of drug-likeness (QED) is 0.157. The van der Waals surface area contributed by atoms with Crippen LogP contribution < -0.4 is 21.7 Å². The molecule has 0 aliphatic carbocycles. The summed E-state index contributed by atoms with van der Waals surface area (Å²) < 4.78 is 0. The number of amides is 3. The first kappa shape index (κ1) is 27.7. The first-order valence-electron chi connectivity index (χ1n) is 9.62. The molecule has 0 saturated carbocycles. The smallest absolute Gasteiger partial charge is 0.328 e. The number of aliphatic carboxylic acids is 1. The molecule has 174 valence electrons. The molecular weight excluding hydrogens is 400 g/mol. The Kier molecular flexibility index (Phi) is 11.5. The molecule has 30 heavy (non-hydrogen) atoms. The predicted octanol–water partition coefficient (Wildman–Crippen LogP) is -2.96. The zero-order chi connectivity index (χ0) is 23.8. The Morgan fingerprint density at radius 1 is 0.700 bits per heavy atom. The lowest BCUT2D eigenvalue weighted by molar-refractivity contribution is -0.146. The van der Waals surface area contributed by atoms with E-state index in [1.807, 2.05) is 19.2 Å². The van der Waals surface area contributed by atoms with Gasteiger partial charge in [0, 0.05) is 0 Å². The van der Waals surface area contributed by atoms with Crippen molar-refractivity contribution in [2.24, 2.45) is 11.7 Å². The minimum atomic E-state index is -1.67. The monoisotopic (exact) mass is 434 g/mol. The van der Waals surface area contributed by atoms with Crippen LogP contribution in [0.1, 0.15) is 41.0 Å². The summed E-state index contributed by atoms with van der Waals surface area (Å²) in [5.74, 6) is -4.13. The van der Waals surface area contributed by atoms with Crippen LogP contribution >= 0.6 is 0 Å². The van der Waals surface area contributed by atoms with Gasteiger partial charge in [0.15, 0.2) is 6.04 Å². The Morgan fingerprint density at radius 3 is 1.33 bits per heavy atom. The van der Waals surface area contributed by atoms with Gasteiger partial charge in [-0.1, -0.05) is 13.8 Å². The maximum absolute atomic E-state index is 12.6. The van der Waals surface area contributed by atoms with E-state index < -0.39 is 66.2 Å². The Balaban J connectivity index is 5.34. The molecule has 12 nitrogen and oxygen atoms in total. The highest BCUT2D eigenvalue weighted by Gasteiger charge is 2.35. The number of aliphatic hydroxyl groups is 3. The van der Waals surface area contributed by atoms with Crippen molar-refractivity contribution in [3.8, 4) is 0 Å². The van der Waals surface area contributed by atoms with E-state index in [0.717, 1.165) is 6.92 Å². The lowest BCUT2D eigenvalue weighted by atomic mass is 10.0. The third kappa shape index (κ3) is 9.03. The largest absolute Gasteiger partial charge is 0.480 e. The number of nitrogens with one attached hydrogen (secondary N) is 3. The fraction of sp³-hybridized carbons (Fsp3) is 0.778. The number of aliphatic hydroxyl groups excluding tert-OH is 3. The van der Waals surface area contributed by atoms with E-state index in [2.05, 4.69) is 10.6 Å². The van der Waals surface area contributed by atoms with E-state index in [1.54, 1.807) is 0 Å². The molecule has 0 saturated heterocycles. The van der Waals surface area contributed by atoms with Crippen LogP contribution in [-0.4, -0.2) is 86.6 Å². The van der Waals surface area contributed by atoms with Gasteiger partial charge in [0.2, 0.25) is 17.7 Å².